The molecule has 5 atom stereocenters. The summed E-state index contributed by atoms with van der Waals surface area (Å²) in [7, 11) is -4.80. The summed E-state index contributed by atoms with van der Waals surface area (Å²) >= 11 is 0. The van der Waals surface area contributed by atoms with Crippen molar-refractivity contribution in [1.29, 1.82) is 0 Å². The predicted molar refractivity (Wildman–Crippen MR) is 220 cm³/mol. The van der Waals surface area contributed by atoms with E-state index in [2.05, 4.69) is 60.9 Å². The first-order valence-corrected chi connectivity index (χ1v) is 22.0. The van der Waals surface area contributed by atoms with E-state index in [-0.39, 0.29) is 32.1 Å². The van der Waals surface area contributed by atoms with Gasteiger partial charge in [-0.1, -0.05) is 113 Å². The molecule has 56 heavy (non-hydrogen) atoms. The summed E-state index contributed by atoms with van der Waals surface area (Å²) in [4.78, 5) is 45.9. The average molecular weight is 814 g/mol. The number of ether oxygens (including phenoxy) is 2. The third kappa shape index (κ3) is 34.4. The van der Waals surface area contributed by atoms with Crippen molar-refractivity contribution < 1.29 is 57.7 Å². The Bertz CT molecular complexity index is 1220. The summed E-state index contributed by atoms with van der Waals surface area (Å²) in [5.74, 6) is -2.72. The van der Waals surface area contributed by atoms with E-state index < -0.39 is 69.9 Å². The molecule has 0 aromatic rings. The average Bonchev–Trinajstić information content (AvgIpc) is 3.16. The molecule has 0 rings (SSSR count). The second-order valence-electron chi connectivity index (χ2n) is 13.7. The lowest BCUT2D eigenvalue weighted by Gasteiger charge is -2.20. The molecule has 0 aromatic heterocycles. The van der Waals surface area contributed by atoms with Gasteiger partial charge in [-0.15, -0.1) is 0 Å². The molecule has 0 aliphatic rings. The zero-order valence-corrected chi connectivity index (χ0v) is 34.8. The van der Waals surface area contributed by atoms with Crippen LogP contribution in [0.2, 0.25) is 0 Å². The molecule has 0 aliphatic carbocycles. The Morgan fingerprint density at radius 1 is 0.643 bits per heavy atom. The number of carboxylic acids is 1. The topological polar surface area (TPSA) is 212 Å². The van der Waals surface area contributed by atoms with Crippen molar-refractivity contribution in [3.63, 3.8) is 0 Å². The van der Waals surface area contributed by atoms with Crippen LogP contribution in [0.4, 0.5) is 0 Å². The number of phosphoric acid groups is 1. The number of rotatable bonds is 37. The fourth-order valence-electron chi connectivity index (χ4n) is 5.09. The van der Waals surface area contributed by atoms with E-state index in [1.54, 1.807) is 6.08 Å². The van der Waals surface area contributed by atoms with Crippen molar-refractivity contribution in [2.45, 2.75) is 167 Å². The lowest BCUT2D eigenvalue weighted by Crippen LogP contribution is -2.34. The first-order valence-electron chi connectivity index (χ1n) is 20.5. The molecular formula is C42H72NO12P. The van der Waals surface area contributed by atoms with Crippen LogP contribution in [0.3, 0.4) is 0 Å². The molecule has 0 aliphatic heterocycles. The fraction of sp³-hybridized carbons (Fsp3) is 0.690. The highest BCUT2D eigenvalue weighted by Gasteiger charge is 2.28. The SMILES string of the molecule is CC/C=C\C/C=C\C/C=C\C/C=C\C[C@@H](O)[C@H](O)CCCC(=O)O[C@H](COC(=O)CCCCCCC/C=C\CCCCCC)COP(=O)(O)OC[C@H](N)C(=O)O. The van der Waals surface area contributed by atoms with Gasteiger partial charge in [0.15, 0.2) is 6.10 Å². The normalized spacial score (nSPS) is 15.5. The summed E-state index contributed by atoms with van der Waals surface area (Å²) in [6.07, 6.45) is 33.2. The van der Waals surface area contributed by atoms with Gasteiger partial charge in [-0.05, 0) is 77.0 Å². The van der Waals surface area contributed by atoms with Gasteiger partial charge in [0, 0.05) is 12.8 Å². The number of carbonyl (C=O) groups excluding carboxylic acids is 2. The number of esters is 2. The highest BCUT2D eigenvalue weighted by molar-refractivity contribution is 7.47. The fourth-order valence-corrected chi connectivity index (χ4v) is 5.86. The molecule has 1 unspecified atom stereocenters. The van der Waals surface area contributed by atoms with Gasteiger partial charge in [0.2, 0.25) is 0 Å². The van der Waals surface area contributed by atoms with E-state index in [1.165, 1.54) is 25.7 Å². The van der Waals surface area contributed by atoms with Crippen molar-refractivity contribution in [3.8, 4) is 0 Å². The van der Waals surface area contributed by atoms with E-state index in [1.807, 2.05) is 12.2 Å². The van der Waals surface area contributed by atoms with Gasteiger partial charge in [-0.2, -0.15) is 0 Å². The maximum absolute atomic E-state index is 12.6. The van der Waals surface area contributed by atoms with Crippen LogP contribution in [0.5, 0.6) is 0 Å². The smallest absolute Gasteiger partial charge is 0.472 e. The Morgan fingerprint density at radius 2 is 1.18 bits per heavy atom. The summed E-state index contributed by atoms with van der Waals surface area (Å²) in [5.41, 5.74) is 5.31. The first kappa shape index (κ1) is 53.1. The van der Waals surface area contributed by atoms with Crippen molar-refractivity contribution in [2.75, 3.05) is 19.8 Å². The maximum atomic E-state index is 12.6. The number of carbonyl (C=O) groups is 3. The minimum atomic E-state index is -4.80. The van der Waals surface area contributed by atoms with Crippen molar-refractivity contribution in [1.82, 2.24) is 0 Å². The van der Waals surface area contributed by atoms with Crippen LogP contribution >= 0.6 is 7.82 Å². The lowest BCUT2D eigenvalue weighted by molar-refractivity contribution is -0.161. The van der Waals surface area contributed by atoms with Gasteiger partial charge in [0.25, 0.3) is 0 Å². The number of unbranched alkanes of at least 4 members (excludes halogenated alkanes) is 9. The van der Waals surface area contributed by atoms with Gasteiger partial charge in [0.1, 0.15) is 12.6 Å². The Balaban J connectivity index is 4.69. The number of hydrogen-bond acceptors (Lipinski definition) is 11. The van der Waals surface area contributed by atoms with Gasteiger partial charge in [-0.25, -0.2) is 4.57 Å². The molecule has 13 nitrogen and oxygen atoms in total. The molecule has 0 heterocycles. The molecule has 322 valence electrons. The standard InChI is InChI=1S/C42H72NO12P/c1-3-5-7-9-11-13-15-17-19-21-23-25-27-31-40(46)52-33-36(34-53-56(50,51)54-35-37(43)42(48)49)55-41(47)32-28-30-39(45)38(44)29-26-24-22-20-18-16-14-12-10-8-6-4-2/h6,8,12-15,18,20,24,26,36-39,44-45H,3-5,7,9-11,16-17,19,21-23,25,27-35,43H2,1-2H3,(H,48,49)(H,50,51)/b8-6-,14-12-,15-13-,20-18-,26-24-/t36-,37+,38-,39-/m1/s1. The van der Waals surface area contributed by atoms with Gasteiger partial charge in [-0.3, -0.25) is 23.4 Å². The van der Waals surface area contributed by atoms with E-state index >= 15 is 0 Å². The van der Waals surface area contributed by atoms with Crippen LogP contribution in [0, 0.1) is 0 Å². The van der Waals surface area contributed by atoms with E-state index in [4.69, 9.17) is 24.8 Å². The molecule has 0 amide bonds. The highest BCUT2D eigenvalue weighted by atomic mass is 31.2. The predicted octanol–water partition coefficient (Wildman–Crippen LogP) is 8.33. The third-order valence-corrected chi connectivity index (χ3v) is 9.40. The Kier molecular flexibility index (Phi) is 34.6. The Labute approximate surface area is 335 Å². The van der Waals surface area contributed by atoms with Crippen LogP contribution in [-0.2, 0) is 37.5 Å². The summed E-state index contributed by atoms with van der Waals surface area (Å²) in [5, 5.41) is 29.6. The van der Waals surface area contributed by atoms with Gasteiger partial charge >= 0.3 is 25.7 Å². The molecular weight excluding hydrogens is 741 g/mol. The van der Waals surface area contributed by atoms with Crippen molar-refractivity contribution in [3.05, 3.63) is 60.8 Å². The zero-order valence-electron chi connectivity index (χ0n) is 33.9. The molecule has 0 radical (unpaired) electrons. The minimum Gasteiger partial charge on any atom is -0.480 e. The second-order valence-corrected chi connectivity index (χ2v) is 15.1. The summed E-state index contributed by atoms with van der Waals surface area (Å²) in [6, 6.07) is -1.57. The number of aliphatic hydroxyl groups excluding tert-OH is 2. The molecule has 14 heteroatoms. The van der Waals surface area contributed by atoms with Crippen molar-refractivity contribution >= 4 is 25.7 Å². The quantitative estimate of drug-likeness (QED) is 0.0173. The lowest BCUT2D eigenvalue weighted by atomic mass is 10.0. The maximum Gasteiger partial charge on any atom is 0.472 e. The molecule has 0 bridgehead atoms. The Hall–Kier alpha value is -2.90. The molecule has 0 spiro atoms. The number of nitrogens with two attached hydrogens (primary N) is 1. The highest BCUT2D eigenvalue weighted by Crippen LogP contribution is 2.43. The molecule has 6 N–H and O–H groups in total. The number of aliphatic hydroxyl groups is 2. The van der Waals surface area contributed by atoms with Crippen LogP contribution in [0.25, 0.3) is 0 Å². The largest absolute Gasteiger partial charge is 0.480 e. The summed E-state index contributed by atoms with van der Waals surface area (Å²) < 4.78 is 32.4. The zero-order chi connectivity index (χ0) is 41.7. The molecule has 0 saturated carbocycles. The number of aliphatic carboxylic acids is 1. The number of carboxylic acid groups (broad SMARTS) is 1. The Morgan fingerprint density at radius 3 is 1.79 bits per heavy atom. The van der Waals surface area contributed by atoms with Crippen molar-refractivity contribution in [2.24, 2.45) is 5.73 Å². The third-order valence-electron chi connectivity index (χ3n) is 8.45. The number of hydrogen-bond donors (Lipinski definition) is 5. The molecule has 0 aromatic carbocycles. The van der Waals surface area contributed by atoms with Crippen LogP contribution < -0.4 is 5.73 Å². The van der Waals surface area contributed by atoms with E-state index in [0.29, 0.717) is 12.8 Å². The number of allylic oxidation sites excluding steroid dienone is 9. The molecule has 0 saturated heterocycles. The first-order chi connectivity index (χ1) is 26.9. The second kappa shape index (κ2) is 36.4. The minimum absolute atomic E-state index is 0.110. The van der Waals surface area contributed by atoms with E-state index in [9.17, 15) is 34.1 Å². The monoisotopic (exact) mass is 813 g/mol. The van der Waals surface area contributed by atoms with Gasteiger partial charge in [0.05, 0.1) is 25.4 Å². The van der Waals surface area contributed by atoms with Crippen LogP contribution in [0.1, 0.15) is 142 Å². The number of phosphoric ester groups is 1. The summed E-state index contributed by atoms with van der Waals surface area (Å²) in [6.45, 7) is 2.34. The molecule has 0 fully saturated rings. The van der Waals surface area contributed by atoms with Crippen LogP contribution in [-0.4, -0.2) is 82.3 Å². The van der Waals surface area contributed by atoms with Crippen LogP contribution in [0.15, 0.2) is 60.8 Å². The van der Waals surface area contributed by atoms with E-state index in [0.717, 1.165) is 57.8 Å². The van der Waals surface area contributed by atoms with Gasteiger partial charge < -0.3 is 35.4 Å².